The summed E-state index contributed by atoms with van der Waals surface area (Å²) in [5.41, 5.74) is 3.84. The van der Waals surface area contributed by atoms with Gasteiger partial charge in [0.25, 0.3) is 0 Å². The zero-order valence-electron chi connectivity index (χ0n) is 16.4. The maximum Gasteiger partial charge on any atom is 0.167 e. The molecule has 2 aromatic heterocycles. The van der Waals surface area contributed by atoms with E-state index in [2.05, 4.69) is 44.5 Å². The molecule has 1 aliphatic carbocycles. The Morgan fingerprint density at radius 3 is 2.73 bits per heavy atom. The number of benzene rings is 1. The van der Waals surface area contributed by atoms with E-state index in [1.807, 2.05) is 0 Å². The predicted octanol–water partition coefficient (Wildman–Crippen LogP) is 0.797. The fourth-order valence-electron chi connectivity index (χ4n) is 4.48. The molecule has 0 spiro atoms. The molecule has 1 fully saturated rings. The monoisotopic (exact) mass is 411 g/mol. The minimum Gasteiger partial charge on any atom is -0.394 e. The third kappa shape index (κ3) is 3.33. The van der Waals surface area contributed by atoms with Crippen molar-refractivity contribution in [2.45, 2.75) is 56.3 Å². The molecule has 5 unspecified atom stereocenters. The minimum absolute atomic E-state index is 0.228. The molecule has 1 saturated heterocycles. The van der Waals surface area contributed by atoms with Gasteiger partial charge in [-0.3, -0.25) is 4.57 Å². The van der Waals surface area contributed by atoms with Gasteiger partial charge in [-0.2, -0.15) is 0 Å². The molecule has 158 valence electrons. The second-order valence-electron chi connectivity index (χ2n) is 7.98. The zero-order chi connectivity index (χ0) is 20.7. The summed E-state index contributed by atoms with van der Waals surface area (Å²) in [4.78, 5) is 13.2. The molecule has 3 aromatic rings. The minimum atomic E-state index is -1.19. The van der Waals surface area contributed by atoms with Crippen LogP contribution in [0.15, 0.2) is 36.9 Å². The average molecular weight is 411 g/mol. The largest absolute Gasteiger partial charge is 0.394 e. The van der Waals surface area contributed by atoms with Crippen LogP contribution in [-0.2, 0) is 17.6 Å². The maximum atomic E-state index is 10.4. The quantitative estimate of drug-likeness (QED) is 0.465. The van der Waals surface area contributed by atoms with E-state index in [0.29, 0.717) is 17.0 Å². The van der Waals surface area contributed by atoms with Crippen molar-refractivity contribution in [3.63, 3.8) is 0 Å². The Kier molecular flexibility index (Phi) is 5.11. The molecule has 2 aliphatic rings. The predicted molar refractivity (Wildman–Crippen MR) is 109 cm³/mol. The number of aromatic nitrogens is 4. The summed E-state index contributed by atoms with van der Waals surface area (Å²) >= 11 is 0. The third-order valence-corrected chi connectivity index (χ3v) is 6.07. The second-order valence-corrected chi connectivity index (χ2v) is 7.98. The smallest absolute Gasteiger partial charge is 0.167 e. The molecule has 1 aromatic carbocycles. The molecule has 4 N–H and O–H groups in total. The lowest BCUT2D eigenvalue weighted by molar-refractivity contribution is -0.0511. The molecule has 0 radical (unpaired) electrons. The van der Waals surface area contributed by atoms with E-state index >= 15 is 0 Å². The first kappa shape index (κ1) is 19.4. The van der Waals surface area contributed by atoms with Gasteiger partial charge in [-0.05, 0) is 36.8 Å². The highest BCUT2D eigenvalue weighted by atomic mass is 16.6. The summed E-state index contributed by atoms with van der Waals surface area (Å²) in [5.74, 6) is 0.634. The summed E-state index contributed by atoms with van der Waals surface area (Å²) in [6.45, 7) is -0.383. The molecule has 1 aliphatic heterocycles. The number of hydrogen-bond acceptors (Lipinski definition) is 8. The van der Waals surface area contributed by atoms with Crippen molar-refractivity contribution in [1.29, 1.82) is 0 Å². The number of rotatable bonds is 4. The first-order valence-corrected chi connectivity index (χ1v) is 10.3. The number of ether oxygens (including phenoxy) is 1. The molecule has 5 rings (SSSR count). The molecule has 9 heteroatoms. The van der Waals surface area contributed by atoms with Gasteiger partial charge in [-0.15, -0.1) is 0 Å². The highest BCUT2D eigenvalue weighted by molar-refractivity contribution is 5.82. The lowest BCUT2D eigenvalue weighted by Crippen LogP contribution is -2.33. The summed E-state index contributed by atoms with van der Waals surface area (Å²) in [5, 5.41) is 33.3. The van der Waals surface area contributed by atoms with Gasteiger partial charge in [0.2, 0.25) is 0 Å². The topological polar surface area (TPSA) is 126 Å². The van der Waals surface area contributed by atoms with Crippen LogP contribution >= 0.6 is 0 Å². The SMILES string of the molecule is OCC1OC(n2cnc3c(NC4CCCc5ccccc5C4)ncnc32)C(O)C1O. The number of anilines is 1. The van der Waals surface area contributed by atoms with Gasteiger partial charge in [0, 0.05) is 6.04 Å². The second kappa shape index (κ2) is 7.92. The standard InChI is InChI=1S/C21H25N5O4/c27-9-15-17(28)18(29)21(30-15)26-11-24-16-19(22-10-23-20(16)26)25-14-7-3-6-12-4-1-2-5-13(12)8-14/h1-2,4-5,10-11,14-15,17-18,21,27-29H,3,6-9H2,(H,22,23,25). The molecular weight excluding hydrogens is 386 g/mol. The van der Waals surface area contributed by atoms with Crippen LogP contribution < -0.4 is 5.32 Å². The number of fused-ring (bicyclic) bond motifs is 2. The van der Waals surface area contributed by atoms with Gasteiger partial charge >= 0.3 is 0 Å². The lowest BCUT2D eigenvalue weighted by atomic mass is 10.0. The van der Waals surface area contributed by atoms with E-state index in [1.54, 1.807) is 4.57 Å². The Hall–Kier alpha value is -2.59. The first-order chi connectivity index (χ1) is 14.7. The van der Waals surface area contributed by atoms with E-state index in [9.17, 15) is 15.3 Å². The third-order valence-electron chi connectivity index (χ3n) is 6.07. The van der Waals surface area contributed by atoms with Crippen LogP contribution in [0.2, 0.25) is 0 Å². The molecule has 0 bridgehead atoms. The van der Waals surface area contributed by atoms with Gasteiger partial charge < -0.3 is 25.4 Å². The summed E-state index contributed by atoms with van der Waals surface area (Å²) in [6, 6.07) is 8.77. The van der Waals surface area contributed by atoms with Crippen molar-refractivity contribution in [3.8, 4) is 0 Å². The van der Waals surface area contributed by atoms with Crippen molar-refractivity contribution in [2.75, 3.05) is 11.9 Å². The van der Waals surface area contributed by atoms with Gasteiger partial charge in [0.1, 0.15) is 24.6 Å². The number of hydrogen-bond donors (Lipinski definition) is 4. The molecule has 5 atom stereocenters. The Labute approximate surface area is 173 Å². The number of nitrogens with zero attached hydrogens (tertiary/aromatic N) is 4. The van der Waals surface area contributed by atoms with Gasteiger partial charge in [-0.25, -0.2) is 15.0 Å². The maximum absolute atomic E-state index is 10.4. The van der Waals surface area contributed by atoms with Crippen LogP contribution in [0, 0.1) is 0 Å². The number of aryl methyl sites for hydroxylation is 1. The summed E-state index contributed by atoms with van der Waals surface area (Å²) in [6.07, 6.45) is 2.98. The summed E-state index contributed by atoms with van der Waals surface area (Å²) in [7, 11) is 0. The van der Waals surface area contributed by atoms with Gasteiger partial charge in [-0.1, -0.05) is 24.3 Å². The van der Waals surface area contributed by atoms with Crippen LogP contribution in [0.4, 0.5) is 5.82 Å². The van der Waals surface area contributed by atoms with Crippen molar-refractivity contribution in [2.24, 2.45) is 0 Å². The van der Waals surface area contributed by atoms with Crippen LogP contribution in [0.3, 0.4) is 0 Å². The van der Waals surface area contributed by atoms with Crippen molar-refractivity contribution in [3.05, 3.63) is 48.0 Å². The highest BCUT2D eigenvalue weighted by Crippen LogP contribution is 2.32. The Morgan fingerprint density at radius 2 is 1.93 bits per heavy atom. The molecule has 0 saturated carbocycles. The zero-order valence-corrected chi connectivity index (χ0v) is 16.4. The van der Waals surface area contributed by atoms with Gasteiger partial charge in [0.15, 0.2) is 23.2 Å². The molecule has 3 heterocycles. The first-order valence-electron chi connectivity index (χ1n) is 10.3. The average Bonchev–Trinajstić information content (AvgIpc) is 3.23. The fraction of sp³-hybridized carbons (Fsp3) is 0.476. The Balaban J connectivity index is 1.42. The Bertz CT molecular complexity index is 1040. The lowest BCUT2D eigenvalue weighted by Gasteiger charge is -2.18. The summed E-state index contributed by atoms with van der Waals surface area (Å²) < 4.78 is 7.20. The number of aliphatic hydroxyl groups excluding tert-OH is 3. The molecule has 0 amide bonds. The normalized spacial score (nSPS) is 29.0. The van der Waals surface area contributed by atoms with E-state index in [0.717, 1.165) is 25.7 Å². The van der Waals surface area contributed by atoms with Gasteiger partial charge in [0.05, 0.1) is 12.9 Å². The highest BCUT2D eigenvalue weighted by Gasteiger charge is 2.44. The molecule has 9 nitrogen and oxygen atoms in total. The van der Waals surface area contributed by atoms with Crippen LogP contribution in [0.25, 0.3) is 11.2 Å². The van der Waals surface area contributed by atoms with E-state index < -0.39 is 24.5 Å². The van der Waals surface area contributed by atoms with E-state index in [4.69, 9.17) is 4.74 Å². The number of nitrogens with one attached hydrogen (secondary N) is 1. The van der Waals surface area contributed by atoms with Crippen molar-refractivity contribution in [1.82, 2.24) is 19.5 Å². The van der Waals surface area contributed by atoms with Crippen LogP contribution in [0.1, 0.15) is 30.2 Å². The van der Waals surface area contributed by atoms with Crippen LogP contribution in [0.5, 0.6) is 0 Å². The number of aliphatic hydroxyl groups is 3. The van der Waals surface area contributed by atoms with Crippen molar-refractivity contribution >= 4 is 17.0 Å². The van der Waals surface area contributed by atoms with E-state index in [1.165, 1.54) is 23.8 Å². The Morgan fingerprint density at radius 1 is 1.10 bits per heavy atom. The fourth-order valence-corrected chi connectivity index (χ4v) is 4.48. The van der Waals surface area contributed by atoms with E-state index in [-0.39, 0.29) is 12.6 Å². The van der Waals surface area contributed by atoms with Crippen LogP contribution in [-0.4, -0.2) is 65.8 Å². The molecule has 30 heavy (non-hydrogen) atoms. The van der Waals surface area contributed by atoms with Crippen molar-refractivity contribution < 1.29 is 20.1 Å². The number of imidazole rings is 1. The molecular formula is C21H25N5O4.